The molecule has 0 aromatic heterocycles. The van der Waals surface area contributed by atoms with E-state index in [1.165, 1.54) is 28.5 Å². The van der Waals surface area contributed by atoms with Crippen LogP contribution in [0.1, 0.15) is 111 Å². The summed E-state index contributed by atoms with van der Waals surface area (Å²) in [5.41, 5.74) is 21.6. The van der Waals surface area contributed by atoms with Gasteiger partial charge in [-0.2, -0.15) is 12.6 Å². The molecule has 4 heterocycles. The van der Waals surface area contributed by atoms with Crippen LogP contribution in [0.2, 0.25) is 0 Å². The molecular weight excluding hydrogens is 1110 g/mol. The monoisotopic (exact) mass is 1190 g/mol. The van der Waals surface area contributed by atoms with Crippen LogP contribution in [-0.4, -0.2) is 231 Å². The third-order valence-electron chi connectivity index (χ3n) is 15.2. The van der Waals surface area contributed by atoms with E-state index in [1.807, 2.05) is 0 Å². The first-order valence-corrected chi connectivity index (χ1v) is 29.0. The molecule has 13 atom stereocenters. The first-order valence-electron chi connectivity index (χ1n) is 28.4. The Morgan fingerprint density at radius 2 is 1.08 bits per heavy atom. The lowest BCUT2D eigenvalue weighted by atomic mass is 9.96. The summed E-state index contributed by atoms with van der Waals surface area (Å²) in [6, 6.07) is -13.4. The fourth-order valence-corrected chi connectivity index (χ4v) is 10.6. The molecule has 4 fully saturated rings. The summed E-state index contributed by atoms with van der Waals surface area (Å²) in [5.74, 6) is -9.97. The van der Waals surface area contributed by atoms with E-state index in [2.05, 4.69) is 65.1 Å². The van der Waals surface area contributed by atoms with Crippen LogP contribution in [0, 0.1) is 5.92 Å². The summed E-state index contributed by atoms with van der Waals surface area (Å²) in [6.45, 7) is 6.44. The van der Waals surface area contributed by atoms with E-state index in [9.17, 15) is 68.1 Å². The molecule has 4 saturated heterocycles. The van der Waals surface area contributed by atoms with E-state index in [4.69, 9.17) is 22.9 Å². The zero-order valence-electron chi connectivity index (χ0n) is 47.7. The average Bonchev–Trinajstić information content (AvgIpc) is 4.53. The number of hydrogen-bond donors (Lipinski definition) is 16. The summed E-state index contributed by atoms with van der Waals surface area (Å²) in [5, 5.41) is 51.4. The van der Waals surface area contributed by atoms with Gasteiger partial charge in [-0.15, -0.1) is 0 Å². The molecule has 4 aliphatic rings. The molecule has 83 heavy (non-hydrogen) atoms. The number of rotatable bonds is 31. The Morgan fingerprint density at radius 1 is 0.590 bits per heavy atom. The van der Waals surface area contributed by atoms with E-state index in [-0.39, 0.29) is 88.3 Å². The molecule has 0 unspecified atom stereocenters. The molecule has 4 aliphatic heterocycles. The summed E-state index contributed by atoms with van der Waals surface area (Å²) in [4.78, 5) is 162. The minimum absolute atomic E-state index is 0.00616. The number of carbonyl (C=O) groups is 11. The second-order valence-electron chi connectivity index (χ2n) is 21.4. The predicted molar refractivity (Wildman–Crippen MR) is 304 cm³/mol. The Morgan fingerprint density at radius 3 is 1.59 bits per heavy atom. The van der Waals surface area contributed by atoms with Crippen LogP contribution in [0.15, 0.2) is 9.98 Å². The maximum absolute atomic E-state index is 14.4. The van der Waals surface area contributed by atoms with E-state index in [1.54, 1.807) is 13.8 Å². The highest BCUT2D eigenvalue weighted by Crippen LogP contribution is 2.27. The van der Waals surface area contributed by atoms with Gasteiger partial charge in [-0.25, -0.2) is 4.79 Å². The number of likely N-dealkylation sites (tertiary alicyclic amines) is 3. The topological polar surface area (TPSA) is 483 Å². The third kappa shape index (κ3) is 19.8. The highest BCUT2D eigenvalue weighted by atomic mass is 32.1. The van der Waals surface area contributed by atoms with Gasteiger partial charge in [0.05, 0.1) is 18.8 Å². The van der Waals surface area contributed by atoms with Crippen LogP contribution in [0.4, 0.5) is 0 Å². The molecule has 0 saturated carbocycles. The molecule has 0 bridgehead atoms. The van der Waals surface area contributed by atoms with Gasteiger partial charge in [0.2, 0.25) is 59.1 Å². The Labute approximate surface area is 487 Å². The number of nitrogens with zero attached hydrogens (tertiary/aromatic N) is 5. The van der Waals surface area contributed by atoms with Gasteiger partial charge in [0.1, 0.15) is 60.4 Å². The van der Waals surface area contributed by atoms with Crippen molar-refractivity contribution in [1.29, 1.82) is 0 Å². The predicted octanol–water partition coefficient (Wildman–Crippen LogP) is -6.33. The van der Waals surface area contributed by atoms with E-state index in [0.717, 1.165) is 6.42 Å². The number of aliphatic imine (C=N–C) groups is 2. The minimum Gasteiger partial charge on any atom is -0.480 e. The number of nitrogens with one attached hydrogen (secondary N) is 8. The lowest BCUT2D eigenvalue weighted by Crippen LogP contribution is -2.62. The summed E-state index contributed by atoms with van der Waals surface area (Å²) in [6.07, 6.45) is 2.96. The minimum atomic E-state index is -1.73. The zero-order chi connectivity index (χ0) is 61.7. The van der Waals surface area contributed by atoms with Gasteiger partial charge >= 0.3 is 5.97 Å². The normalized spacial score (nSPS) is 21.7. The maximum atomic E-state index is 14.4. The first kappa shape index (κ1) is 68.4. The number of hydrogen-bond acceptors (Lipinski definition) is 17. The number of nitrogens with two attached hydrogens (primary N) is 4. The van der Waals surface area contributed by atoms with Gasteiger partial charge in [0, 0.05) is 38.5 Å². The molecule has 466 valence electrons. The number of carboxylic acids is 1. The molecule has 4 rings (SSSR count). The second kappa shape index (κ2) is 33.3. The molecule has 10 amide bonds. The van der Waals surface area contributed by atoms with Crippen molar-refractivity contribution in [2.45, 2.75) is 184 Å². The molecule has 0 aromatic carbocycles. The van der Waals surface area contributed by atoms with Crippen molar-refractivity contribution in [3.63, 3.8) is 0 Å². The molecule has 0 aliphatic carbocycles. The van der Waals surface area contributed by atoms with Gasteiger partial charge in [-0.1, -0.05) is 20.3 Å². The van der Waals surface area contributed by atoms with Crippen molar-refractivity contribution in [1.82, 2.24) is 57.2 Å². The van der Waals surface area contributed by atoms with Crippen molar-refractivity contribution in [2.24, 2.45) is 38.8 Å². The molecular formula is C51H87N17O14S. The largest absolute Gasteiger partial charge is 0.480 e. The maximum Gasteiger partial charge on any atom is 0.326 e. The smallest absolute Gasteiger partial charge is 0.326 e. The number of carbonyl (C=O) groups excluding carboxylic acids is 10. The number of aliphatic hydroxyl groups excluding tert-OH is 2. The van der Waals surface area contributed by atoms with Crippen molar-refractivity contribution < 1.29 is 68.1 Å². The first-order chi connectivity index (χ1) is 39.3. The Kier molecular flexibility index (Phi) is 27.4. The highest BCUT2D eigenvalue weighted by Gasteiger charge is 2.46. The van der Waals surface area contributed by atoms with Gasteiger partial charge in [-0.3, -0.25) is 57.9 Å². The Bertz CT molecular complexity index is 2370. The van der Waals surface area contributed by atoms with Crippen molar-refractivity contribution in [3.8, 4) is 0 Å². The van der Waals surface area contributed by atoms with Crippen molar-refractivity contribution in [2.75, 3.05) is 51.6 Å². The van der Waals surface area contributed by atoms with Crippen LogP contribution in [0.3, 0.4) is 0 Å². The SMILES string of the molecule is CC[C@H](C)[C@H](NC(=O)[C@H](CO)NC(=O)[C@H](C)NC(=O)[C@@H](NC(=O)[C@H](CS)NC(=O)[C@H](CCCN=C(N)N)NC(=O)[C@@H]1CCCN1C(=O)[C@@H]1CCCN1)[C@@H](C)O)C(=O)N1CCC[C@H]1C(=O)N1CCC[C@H]1C(=O)N[C@@H](CCCN=C(N)N)C(=O)O. The lowest BCUT2D eigenvalue weighted by molar-refractivity contribution is -0.149. The number of carboxylic acid groups (broad SMARTS) is 1. The van der Waals surface area contributed by atoms with Gasteiger partial charge < -0.3 is 95.5 Å². The number of thiol groups is 1. The fourth-order valence-electron chi connectivity index (χ4n) is 10.4. The van der Waals surface area contributed by atoms with Crippen molar-refractivity contribution >= 4 is 89.6 Å². The van der Waals surface area contributed by atoms with Crippen LogP contribution in [-0.2, 0) is 52.7 Å². The van der Waals surface area contributed by atoms with E-state index < -0.39 is 144 Å². The number of guanidine groups is 2. The zero-order valence-corrected chi connectivity index (χ0v) is 48.6. The van der Waals surface area contributed by atoms with Crippen LogP contribution < -0.4 is 65.5 Å². The number of aliphatic carboxylic acids is 1. The molecule has 32 heteroatoms. The van der Waals surface area contributed by atoms with E-state index in [0.29, 0.717) is 51.6 Å². The standard InChI is InChI=1S/C51H87N17O14S/c1-5-26(2)37(48(80)68-23-11-17-36(68)47(79)67-22-10-16-35(67)44(76)61-31(49(81)82)14-8-20-58-51(54)55)64-41(73)32(24-69)62-39(71)27(3)59-45(77)38(28(4)70)65-42(74)33(25-83)63-40(72)29(12-6-19-57-50(52)53)60-43(75)34-15-9-21-66(34)46(78)30-13-7-18-56-30/h26-38,56,69-70,83H,5-25H2,1-4H3,(H,59,77)(H,60,75)(H,61,76)(H,62,71)(H,63,72)(H,64,73)(H,65,74)(H,81,82)(H4,52,53,57)(H4,54,55,58)/t26-,27-,28+,29-,30-,31-,32-,33-,34-,35-,36-,37-,38-/m0/s1. The van der Waals surface area contributed by atoms with Crippen LogP contribution in [0.25, 0.3) is 0 Å². The van der Waals surface area contributed by atoms with Crippen LogP contribution in [0.5, 0.6) is 0 Å². The molecule has 0 radical (unpaired) electrons. The van der Waals surface area contributed by atoms with E-state index >= 15 is 0 Å². The van der Waals surface area contributed by atoms with Gasteiger partial charge in [-0.05, 0) is 103 Å². The number of amides is 10. The molecule has 0 aromatic rings. The summed E-state index contributed by atoms with van der Waals surface area (Å²) < 4.78 is 0. The van der Waals surface area contributed by atoms with Gasteiger partial charge in [0.15, 0.2) is 11.9 Å². The molecule has 31 nitrogen and oxygen atoms in total. The molecule has 0 spiro atoms. The Hall–Kier alpha value is -7.06. The summed E-state index contributed by atoms with van der Waals surface area (Å²) >= 11 is 4.23. The average molecular weight is 1190 g/mol. The lowest BCUT2D eigenvalue weighted by Gasteiger charge is -2.35. The molecule has 19 N–H and O–H groups in total. The van der Waals surface area contributed by atoms with Crippen LogP contribution >= 0.6 is 12.6 Å². The van der Waals surface area contributed by atoms with Crippen molar-refractivity contribution in [3.05, 3.63) is 0 Å². The third-order valence-corrected chi connectivity index (χ3v) is 15.6. The fraction of sp³-hybridized carbons (Fsp3) is 0.745. The second-order valence-corrected chi connectivity index (χ2v) is 21.8. The summed E-state index contributed by atoms with van der Waals surface area (Å²) in [7, 11) is 0. The van der Waals surface area contributed by atoms with Gasteiger partial charge in [0.25, 0.3) is 0 Å². The highest BCUT2D eigenvalue weighted by molar-refractivity contribution is 7.80. The Balaban J connectivity index is 1.37. The number of aliphatic hydroxyl groups is 2. The quantitative estimate of drug-likeness (QED) is 0.0133.